The van der Waals surface area contributed by atoms with Crippen LogP contribution in [0.15, 0.2) is 42.5 Å². The van der Waals surface area contributed by atoms with E-state index < -0.39 is 0 Å². The molecule has 2 aliphatic rings. The fourth-order valence-electron chi connectivity index (χ4n) is 4.12. The summed E-state index contributed by atoms with van der Waals surface area (Å²) in [4.78, 5) is 31.7. The summed E-state index contributed by atoms with van der Waals surface area (Å²) in [5, 5.41) is 5.89. The van der Waals surface area contributed by atoms with E-state index in [2.05, 4.69) is 20.5 Å². The maximum atomic E-state index is 12.6. The number of aromatic nitrogens is 1. The van der Waals surface area contributed by atoms with E-state index in [1.165, 1.54) is 24.9 Å². The molecule has 2 heterocycles. The number of piperidine rings is 1. The molecule has 1 saturated carbocycles. The van der Waals surface area contributed by atoms with Crippen molar-refractivity contribution in [1.82, 2.24) is 10.3 Å². The Morgan fingerprint density at radius 3 is 2.17 bits per heavy atom. The lowest BCUT2D eigenvalue weighted by atomic mass is 10.1. The highest BCUT2D eigenvalue weighted by Crippen LogP contribution is 2.22. The molecular formula is C23H28N4O2. The molecule has 0 radical (unpaired) electrons. The van der Waals surface area contributed by atoms with Gasteiger partial charge in [-0.3, -0.25) is 9.59 Å². The molecule has 2 fully saturated rings. The standard InChI is InChI=1S/C23H28N4O2/c28-22(24-17-7-2-3-8-17)20-9-6-10-21(26-20)23(29)25-18-11-13-19(14-12-18)27-15-4-1-5-16-27/h6,9-14,17H,1-5,7-8,15-16H2,(H,24,28)(H,25,29). The van der Waals surface area contributed by atoms with Crippen LogP contribution in [0.5, 0.6) is 0 Å². The molecule has 2 amide bonds. The van der Waals surface area contributed by atoms with Crippen LogP contribution in [0, 0.1) is 0 Å². The summed E-state index contributed by atoms with van der Waals surface area (Å²) in [5.41, 5.74) is 2.43. The maximum absolute atomic E-state index is 12.6. The molecule has 0 bridgehead atoms. The van der Waals surface area contributed by atoms with Gasteiger partial charge in [0.2, 0.25) is 0 Å². The highest BCUT2D eigenvalue weighted by molar-refractivity contribution is 6.04. The largest absolute Gasteiger partial charge is 0.372 e. The quantitative estimate of drug-likeness (QED) is 0.807. The monoisotopic (exact) mass is 392 g/mol. The van der Waals surface area contributed by atoms with E-state index in [0.717, 1.165) is 44.5 Å². The fourth-order valence-corrected chi connectivity index (χ4v) is 4.12. The van der Waals surface area contributed by atoms with E-state index in [4.69, 9.17) is 0 Å². The molecule has 2 N–H and O–H groups in total. The number of carbonyl (C=O) groups excluding carboxylic acids is 2. The Hall–Kier alpha value is -2.89. The van der Waals surface area contributed by atoms with Crippen LogP contribution < -0.4 is 15.5 Å². The summed E-state index contributed by atoms with van der Waals surface area (Å²) in [6, 6.07) is 13.1. The van der Waals surface area contributed by atoms with Gasteiger partial charge in [-0.2, -0.15) is 0 Å². The lowest BCUT2D eigenvalue weighted by molar-refractivity contribution is 0.0932. The minimum atomic E-state index is -0.314. The van der Waals surface area contributed by atoms with Crippen molar-refractivity contribution in [3.63, 3.8) is 0 Å². The zero-order valence-electron chi connectivity index (χ0n) is 16.7. The molecule has 29 heavy (non-hydrogen) atoms. The molecule has 1 aliphatic heterocycles. The SMILES string of the molecule is O=C(Nc1ccc(N2CCCCC2)cc1)c1cccc(C(=O)NC2CCCC2)n1. The lowest BCUT2D eigenvalue weighted by Gasteiger charge is -2.28. The van der Waals surface area contributed by atoms with Crippen molar-refractivity contribution < 1.29 is 9.59 Å². The number of amides is 2. The molecule has 6 nitrogen and oxygen atoms in total. The van der Waals surface area contributed by atoms with Crippen molar-refractivity contribution in [1.29, 1.82) is 0 Å². The molecule has 6 heteroatoms. The van der Waals surface area contributed by atoms with Crippen molar-refractivity contribution in [3.05, 3.63) is 53.9 Å². The third-order valence-corrected chi connectivity index (χ3v) is 5.75. The van der Waals surface area contributed by atoms with E-state index in [1.54, 1.807) is 18.2 Å². The number of nitrogens with zero attached hydrogens (tertiary/aromatic N) is 2. The second kappa shape index (κ2) is 9.07. The average molecular weight is 393 g/mol. The number of rotatable bonds is 5. The second-order valence-electron chi connectivity index (χ2n) is 7.91. The third-order valence-electron chi connectivity index (χ3n) is 5.75. The van der Waals surface area contributed by atoms with Gasteiger partial charge in [-0.15, -0.1) is 0 Å². The molecule has 1 aromatic carbocycles. The van der Waals surface area contributed by atoms with Crippen molar-refractivity contribution >= 4 is 23.2 Å². The number of pyridine rings is 1. The van der Waals surface area contributed by atoms with Crippen LogP contribution in [0.2, 0.25) is 0 Å². The fraction of sp³-hybridized carbons (Fsp3) is 0.435. The van der Waals surface area contributed by atoms with E-state index in [1.807, 2.05) is 24.3 Å². The molecular weight excluding hydrogens is 364 g/mol. The van der Waals surface area contributed by atoms with E-state index in [9.17, 15) is 9.59 Å². The Labute approximate surface area is 171 Å². The molecule has 4 rings (SSSR count). The average Bonchev–Trinajstić information content (AvgIpc) is 3.28. The van der Waals surface area contributed by atoms with E-state index in [0.29, 0.717) is 0 Å². The van der Waals surface area contributed by atoms with Gasteiger partial charge in [-0.1, -0.05) is 18.9 Å². The van der Waals surface area contributed by atoms with Gasteiger partial charge in [0.25, 0.3) is 11.8 Å². The maximum Gasteiger partial charge on any atom is 0.274 e. The number of nitrogens with one attached hydrogen (secondary N) is 2. The van der Waals surface area contributed by atoms with Gasteiger partial charge in [0, 0.05) is 30.5 Å². The first kappa shape index (κ1) is 19.4. The summed E-state index contributed by atoms with van der Waals surface area (Å²) in [7, 11) is 0. The normalized spacial score (nSPS) is 17.2. The van der Waals surface area contributed by atoms with Gasteiger partial charge in [0.1, 0.15) is 11.4 Å². The first-order valence-electron chi connectivity index (χ1n) is 10.6. The van der Waals surface area contributed by atoms with Crippen LogP contribution in [0.4, 0.5) is 11.4 Å². The third kappa shape index (κ3) is 4.94. The predicted molar refractivity (Wildman–Crippen MR) is 114 cm³/mol. The summed E-state index contributed by atoms with van der Waals surface area (Å²) < 4.78 is 0. The minimum Gasteiger partial charge on any atom is -0.372 e. The molecule has 152 valence electrons. The lowest BCUT2D eigenvalue weighted by Crippen LogP contribution is -2.33. The van der Waals surface area contributed by atoms with Crippen LogP contribution in [0.1, 0.15) is 65.9 Å². The molecule has 1 aromatic heterocycles. The summed E-state index contributed by atoms with van der Waals surface area (Å²) >= 11 is 0. The van der Waals surface area contributed by atoms with Crippen LogP contribution in [-0.2, 0) is 0 Å². The molecule has 0 unspecified atom stereocenters. The van der Waals surface area contributed by atoms with Crippen molar-refractivity contribution in [2.45, 2.75) is 51.0 Å². The Bertz CT molecular complexity index is 853. The summed E-state index contributed by atoms with van der Waals surface area (Å²) in [5.74, 6) is -0.524. The molecule has 1 saturated heterocycles. The zero-order valence-corrected chi connectivity index (χ0v) is 16.7. The number of carbonyl (C=O) groups is 2. The molecule has 1 aliphatic carbocycles. The van der Waals surface area contributed by atoms with Gasteiger partial charge in [0.05, 0.1) is 0 Å². The zero-order chi connectivity index (χ0) is 20.1. The van der Waals surface area contributed by atoms with Gasteiger partial charge in [-0.05, 0) is 68.5 Å². The van der Waals surface area contributed by atoms with Crippen LogP contribution in [-0.4, -0.2) is 35.9 Å². The van der Waals surface area contributed by atoms with Gasteiger partial charge in [-0.25, -0.2) is 4.98 Å². The Kier molecular flexibility index (Phi) is 6.08. The second-order valence-corrected chi connectivity index (χ2v) is 7.91. The predicted octanol–water partition coefficient (Wildman–Crippen LogP) is 4.00. The summed E-state index contributed by atoms with van der Waals surface area (Å²) in [6.45, 7) is 2.18. The van der Waals surface area contributed by atoms with Crippen molar-refractivity contribution in [3.8, 4) is 0 Å². The first-order valence-corrected chi connectivity index (χ1v) is 10.6. The Morgan fingerprint density at radius 1 is 0.828 bits per heavy atom. The Balaban J connectivity index is 1.38. The number of hydrogen-bond donors (Lipinski definition) is 2. The van der Waals surface area contributed by atoms with Gasteiger partial charge in [0.15, 0.2) is 0 Å². The van der Waals surface area contributed by atoms with Gasteiger partial charge < -0.3 is 15.5 Å². The summed E-state index contributed by atoms with van der Waals surface area (Å²) in [6.07, 6.45) is 8.09. The van der Waals surface area contributed by atoms with Crippen molar-refractivity contribution in [2.75, 3.05) is 23.3 Å². The highest BCUT2D eigenvalue weighted by atomic mass is 16.2. The molecule has 2 aromatic rings. The molecule has 0 spiro atoms. The topological polar surface area (TPSA) is 74.3 Å². The number of anilines is 2. The van der Waals surface area contributed by atoms with Crippen LogP contribution in [0.25, 0.3) is 0 Å². The molecule has 0 atom stereocenters. The Morgan fingerprint density at radius 2 is 1.48 bits per heavy atom. The highest BCUT2D eigenvalue weighted by Gasteiger charge is 2.19. The first-order chi connectivity index (χ1) is 14.2. The van der Waals surface area contributed by atoms with Crippen molar-refractivity contribution in [2.24, 2.45) is 0 Å². The van der Waals surface area contributed by atoms with Gasteiger partial charge >= 0.3 is 0 Å². The van der Waals surface area contributed by atoms with Crippen LogP contribution in [0.3, 0.4) is 0 Å². The smallest absolute Gasteiger partial charge is 0.274 e. The number of hydrogen-bond acceptors (Lipinski definition) is 4. The number of benzene rings is 1. The minimum absolute atomic E-state index is 0.211. The van der Waals surface area contributed by atoms with E-state index >= 15 is 0 Å². The van der Waals surface area contributed by atoms with E-state index in [-0.39, 0.29) is 29.2 Å². The van der Waals surface area contributed by atoms with Crippen LogP contribution >= 0.6 is 0 Å².